The highest BCUT2D eigenvalue weighted by molar-refractivity contribution is 5.73. The number of carboxylic acid groups (broad SMARTS) is 1. The maximum absolute atomic E-state index is 10.6. The molecule has 0 saturated heterocycles. The van der Waals surface area contributed by atoms with Gasteiger partial charge in [-0.2, -0.15) is 5.26 Å². The number of hydrogen-bond donors (Lipinski definition) is 2. The molecular formula is C9H10N4O3. The van der Waals surface area contributed by atoms with Gasteiger partial charge in [0.25, 0.3) is 0 Å². The highest BCUT2D eigenvalue weighted by Gasteiger charge is 2.15. The van der Waals surface area contributed by atoms with Crippen LogP contribution in [-0.2, 0) is 9.53 Å². The van der Waals surface area contributed by atoms with Gasteiger partial charge >= 0.3 is 5.97 Å². The molecule has 7 nitrogen and oxygen atoms in total. The molecule has 1 atom stereocenters. The van der Waals surface area contributed by atoms with E-state index in [0.29, 0.717) is 5.82 Å². The van der Waals surface area contributed by atoms with Crippen molar-refractivity contribution in [3.05, 3.63) is 18.1 Å². The molecule has 84 valence electrons. The van der Waals surface area contributed by atoms with Crippen molar-refractivity contribution in [1.29, 1.82) is 5.26 Å². The summed E-state index contributed by atoms with van der Waals surface area (Å²) in [5.74, 6) is -0.668. The van der Waals surface area contributed by atoms with E-state index >= 15 is 0 Å². The lowest BCUT2D eigenvalue weighted by Crippen LogP contribution is -2.30. The molecule has 7 heteroatoms. The summed E-state index contributed by atoms with van der Waals surface area (Å²) in [6.07, 6.45) is 1.70. The van der Waals surface area contributed by atoms with Crippen LogP contribution in [0.5, 0.6) is 0 Å². The molecule has 0 bridgehead atoms. The second-order valence-corrected chi connectivity index (χ2v) is 2.84. The highest BCUT2D eigenvalue weighted by atomic mass is 16.5. The van der Waals surface area contributed by atoms with Crippen LogP contribution in [0.15, 0.2) is 12.4 Å². The molecular weight excluding hydrogens is 212 g/mol. The van der Waals surface area contributed by atoms with E-state index in [0.717, 1.165) is 0 Å². The predicted molar refractivity (Wildman–Crippen MR) is 53.7 cm³/mol. The average Bonchev–Trinajstić information content (AvgIpc) is 2.30. The summed E-state index contributed by atoms with van der Waals surface area (Å²) in [7, 11) is 1.31. The summed E-state index contributed by atoms with van der Waals surface area (Å²) in [6, 6.07) is 1.83. The van der Waals surface area contributed by atoms with E-state index in [1.807, 2.05) is 6.07 Å². The number of hydrogen-bond acceptors (Lipinski definition) is 6. The van der Waals surface area contributed by atoms with Crippen molar-refractivity contribution in [2.75, 3.05) is 19.0 Å². The molecule has 1 unspecified atom stereocenters. The van der Waals surface area contributed by atoms with Crippen LogP contribution in [0.1, 0.15) is 5.69 Å². The normalized spacial score (nSPS) is 11.5. The van der Waals surface area contributed by atoms with Gasteiger partial charge in [-0.05, 0) is 0 Å². The van der Waals surface area contributed by atoms with E-state index < -0.39 is 12.1 Å². The van der Waals surface area contributed by atoms with E-state index in [9.17, 15) is 4.79 Å². The summed E-state index contributed by atoms with van der Waals surface area (Å²) in [5, 5.41) is 19.9. The van der Waals surface area contributed by atoms with Gasteiger partial charge in [0.05, 0.1) is 18.9 Å². The molecule has 0 aliphatic heterocycles. The molecule has 0 aliphatic rings. The van der Waals surface area contributed by atoms with Gasteiger partial charge in [0.1, 0.15) is 11.9 Å². The van der Waals surface area contributed by atoms with Crippen molar-refractivity contribution in [2.45, 2.75) is 6.10 Å². The van der Waals surface area contributed by atoms with E-state index in [1.165, 1.54) is 19.5 Å². The molecule has 0 radical (unpaired) electrons. The highest BCUT2D eigenvalue weighted by Crippen LogP contribution is 2.01. The zero-order chi connectivity index (χ0) is 12.0. The van der Waals surface area contributed by atoms with Crippen LogP contribution in [0.2, 0.25) is 0 Å². The third kappa shape index (κ3) is 3.18. The second-order valence-electron chi connectivity index (χ2n) is 2.84. The first-order chi connectivity index (χ1) is 7.67. The SMILES string of the molecule is COC(CNc1cnc(C#N)cn1)C(=O)O. The molecule has 1 heterocycles. The van der Waals surface area contributed by atoms with Crippen LogP contribution in [-0.4, -0.2) is 40.8 Å². The fraction of sp³-hybridized carbons (Fsp3) is 0.333. The Kier molecular flexibility index (Phi) is 4.17. The van der Waals surface area contributed by atoms with Gasteiger partial charge in [0, 0.05) is 7.11 Å². The van der Waals surface area contributed by atoms with Gasteiger partial charge in [0.15, 0.2) is 11.8 Å². The topological polar surface area (TPSA) is 108 Å². The largest absolute Gasteiger partial charge is 0.479 e. The fourth-order valence-electron chi connectivity index (χ4n) is 0.946. The van der Waals surface area contributed by atoms with Gasteiger partial charge < -0.3 is 15.2 Å². The van der Waals surface area contributed by atoms with Crippen LogP contribution < -0.4 is 5.32 Å². The van der Waals surface area contributed by atoms with Gasteiger partial charge in [-0.15, -0.1) is 0 Å². The minimum absolute atomic E-state index is 0.0758. The maximum Gasteiger partial charge on any atom is 0.334 e. The molecule has 16 heavy (non-hydrogen) atoms. The molecule has 1 rings (SSSR count). The zero-order valence-electron chi connectivity index (χ0n) is 8.54. The summed E-state index contributed by atoms with van der Waals surface area (Å²) >= 11 is 0. The van der Waals surface area contributed by atoms with Crippen molar-refractivity contribution >= 4 is 11.8 Å². The first-order valence-electron chi connectivity index (χ1n) is 4.39. The Morgan fingerprint density at radius 3 is 2.88 bits per heavy atom. The molecule has 0 aliphatic carbocycles. The lowest BCUT2D eigenvalue weighted by molar-refractivity contribution is -0.147. The second kappa shape index (κ2) is 5.63. The molecule has 0 fully saturated rings. The lowest BCUT2D eigenvalue weighted by atomic mass is 10.3. The quantitative estimate of drug-likeness (QED) is 0.713. The molecule has 0 spiro atoms. The van der Waals surface area contributed by atoms with Crippen molar-refractivity contribution in [3.63, 3.8) is 0 Å². The third-order valence-corrected chi connectivity index (χ3v) is 1.79. The van der Waals surface area contributed by atoms with E-state index in [4.69, 9.17) is 15.1 Å². The number of rotatable bonds is 5. The van der Waals surface area contributed by atoms with Crippen molar-refractivity contribution in [2.24, 2.45) is 0 Å². The lowest BCUT2D eigenvalue weighted by Gasteiger charge is -2.11. The third-order valence-electron chi connectivity index (χ3n) is 1.79. The van der Waals surface area contributed by atoms with Crippen LogP contribution in [0.3, 0.4) is 0 Å². The number of nitriles is 1. The Hall–Kier alpha value is -2.20. The fourth-order valence-corrected chi connectivity index (χ4v) is 0.946. The minimum Gasteiger partial charge on any atom is -0.479 e. The zero-order valence-corrected chi connectivity index (χ0v) is 8.54. The number of nitrogens with one attached hydrogen (secondary N) is 1. The Morgan fingerprint density at radius 1 is 1.69 bits per heavy atom. The molecule has 0 amide bonds. The smallest absolute Gasteiger partial charge is 0.334 e. The van der Waals surface area contributed by atoms with Crippen molar-refractivity contribution in [1.82, 2.24) is 9.97 Å². The Morgan fingerprint density at radius 2 is 2.44 bits per heavy atom. The van der Waals surface area contributed by atoms with Crippen LogP contribution in [0.25, 0.3) is 0 Å². The molecule has 2 N–H and O–H groups in total. The van der Waals surface area contributed by atoms with Gasteiger partial charge in [-0.25, -0.2) is 14.8 Å². The summed E-state index contributed by atoms with van der Waals surface area (Å²) in [5.41, 5.74) is 0.201. The van der Waals surface area contributed by atoms with Gasteiger partial charge in [0.2, 0.25) is 0 Å². The first-order valence-corrected chi connectivity index (χ1v) is 4.39. The number of carbonyl (C=O) groups is 1. The van der Waals surface area contributed by atoms with Crippen LogP contribution in [0.4, 0.5) is 5.82 Å². The molecule has 1 aromatic heterocycles. The molecule has 0 aromatic carbocycles. The monoisotopic (exact) mass is 222 g/mol. The minimum atomic E-state index is -1.06. The first kappa shape index (κ1) is 11.9. The molecule has 1 aromatic rings. The summed E-state index contributed by atoms with van der Waals surface area (Å²) in [4.78, 5) is 18.3. The predicted octanol–water partition coefficient (Wildman–Crippen LogP) is -0.140. The van der Waals surface area contributed by atoms with E-state index in [-0.39, 0.29) is 12.2 Å². The van der Waals surface area contributed by atoms with Gasteiger partial charge in [-0.1, -0.05) is 0 Å². The van der Waals surface area contributed by atoms with E-state index in [1.54, 1.807) is 0 Å². The number of methoxy groups -OCH3 is 1. The van der Waals surface area contributed by atoms with Crippen LogP contribution >= 0.6 is 0 Å². The number of aromatic nitrogens is 2. The number of aliphatic carboxylic acids is 1. The average molecular weight is 222 g/mol. The maximum atomic E-state index is 10.6. The molecule has 0 saturated carbocycles. The van der Waals surface area contributed by atoms with Gasteiger partial charge in [-0.3, -0.25) is 0 Å². The number of anilines is 1. The van der Waals surface area contributed by atoms with E-state index in [2.05, 4.69) is 15.3 Å². The number of nitrogens with zero attached hydrogens (tertiary/aromatic N) is 3. The Balaban J connectivity index is 2.54. The number of carboxylic acids is 1. The summed E-state index contributed by atoms with van der Waals surface area (Å²) < 4.78 is 4.72. The standard InChI is InChI=1S/C9H10N4O3/c1-16-7(9(14)15)4-13-8-5-11-6(2-10)3-12-8/h3,5,7H,4H2,1H3,(H,12,13)(H,14,15). The summed E-state index contributed by atoms with van der Waals surface area (Å²) in [6.45, 7) is 0.0758. The van der Waals surface area contributed by atoms with Crippen molar-refractivity contribution < 1.29 is 14.6 Å². The number of ether oxygens (including phenoxy) is 1. The van der Waals surface area contributed by atoms with Crippen molar-refractivity contribution in [3.8, 4) is 6.07 Å². The van der Waals surface area contributed by atoms with Crippen LogP contribution in [0, 0.1) is 11.3 Å². The Bertz CT molecular complexity index is 398. The Labute approximate surface area is 91.7 Å².